The van der Waals surface area contributed by atoms with E-state index in [1.807, 2.05) is 38.1 Å². The molecule has 0 aliphatic rings. The van der Waals surface area contributed by atoms with Gasteiger partial charge in [0.1, 0.15) is 5.75 Å². The molecule has 0 radical (unpaired) electrons. The molecule has 0 saturated heterocycles. The summed E-state index contributed by atoms with van der Waals surface area (Å²) in [6.45, 7) is 4.35. The van der Waals surface area contributed by atoms with E-state index in [0.717, 1.165) is 11.3 Å². The second-order valence-corrected chi connectivity index (χ2v) is 5.03. The average molecular weight is 294 g/mol. The number of carbonyl (C=O) groups is 1. The van der Waals surface area contributed by atoms with Crippen LogP contribution in [0.2, 0.25) is 0 Å². The molecule has 0 aromatic heterocycles. The van der Waals surface area contributed by atoms with Crippen LogP contribution in [0.1, 0.15) is 23.1 Å². The third-order valence-corrected chi connectivity index (χ3v) is 3.44. The number of nitriles is 1. The molecule has 4 nitrogen and oxygen atoms in total. The summed E-state index contributed by atoms with van der Waals surface area (Å²) in [4.78, 5) is 11.9. The van der Waals surface area contributed by atoms with Crippen molar-refractivity contribution in [3.63, 3.8) is 0 Å². The maximum Gasteiger partial charge on any atom is 0.227 e. The summed E-state index contributed by atoms with van der Waals surface area (Å²) in [6, 6.07) is 14.7. The van der Waals surface area contributed by atoms with Crippen molar-refractivity contribution in [3.8, 4) is 11.8 Å². The molecule has 0 fully saturated rings. The molecule has 0 atom stereocenters. The molecule has 0 spiro atoms. The highest BCUT2D eigenvalue weighted by Crippen LogP contribution is 2.20. The van der Waals surface area contributed by atoms with E-state index in [9.17, 15) is 4.79 Å². The Kier molecular flexibility index (Phi) is 5.16. The number of hydrogen-bond donors (Lipinski definition) is 1. The van der Waals surface area contributed by atoms with Crippen LogP contribution in [0.3, 0.4) is 0 Å². The molecule has 0 heterocycles. The summed E-state index contributed by atoms with van der Waals surface area (Å²) >= 11 is 0. The maximum atomic E-state index is 11.9. The van der Waals surface area contributed by atoms with Crippen molar-refractivity contribution in [1.82, 2.24) is 0 Å². The Labute approximate surface area is 130 Å². The number of rotatable bonds is 5. The first-order valence-electron chi connectivity index (χ1n) is 7.09. The molecule has 2 aromatic rings. The van der Waals surface area contributed by atoms with Crippen LogP contribution in [0.15, 0.2) is 42.5 Å². The molecule has 0 aliphatic heterocycles. The van der Waals surface area contributed by atoms with Crippen molar-refractivity contribution in [2.45, 2.75) is 20.3 Å². The number of nitrogens with zero attached hydrogens (tertiary/aromatic N) is 1. The van der Waals surface area contributed by atoms with Crippen LogP contribution in [-0.2, 0) is 4.79 Å². The molecule has 112 valence electrons. The Morgan fingerprint density at radius 3 is 2.59 bits per heavy atom. The van der Waals surface area contributed by atoms with Crippen LogP contribution in [0.25, 0.3) is 0 Å². The predicted molar refractivity (Wildman–Crippen MR) is 85.8 cm³/mol. The van der Waals surface area contributed by atoms with Crippen molar-refractivity contribution in [1.29, 1.82) is 5.26 Å². The van der Waals surface area contributed by atoms with E-state index < -0.39 is 0 Å². The molecule has 22 heavy (non-hydrogen) atoms. The number of hydrogen-bond acceptors (Lipinski definition) is 3. The third kappa shape index (κ3) is 4.10. The van der Waals surface area contributed by atoms with Gasteiger partial charge in [0.2, 0.25) is 5.91 Å². The van der Waals surface area contributed by atoms with Crippen molar-refractivity contribution in [3.05, 3.63) is 59.2 Å². The summed E-state index contributed by atoms with van der Waals surface area (Å²) in [6.07, 6.45) is 0.271. The number of nitrogens with one attached hydrogen (secondary N) is 1. The van der Waals surface area contributed by atoms with Crippen molar-refractivity contribution in [2.75, 3.05) is 11.9 Å². The second kappa shape index (κ2) is 7.28. The molecule has 1 N–H and O–H groups in total. The first-order valence-corrected chi connectivity index (χ1v) is 7.09. The van der Waals surface area contributed by atoms with E-state index in [1.54, 1.807) is 24.3 Å². The van der Waals surface area contributed by atoms with Gasteiger partial charge < -0.3 is 10.1 Å². The zero-order valence-electron chi connectivity index (χ0n) is 12.7. The van der Waals surface area contributed by atoms with E-state index in [4.69, 9.17) is 10.00 Å². The highest BCUT2D eigenvalue weighted by molar-refractivity contribution is 5.90. The standard InChI is InChI=1S/C18H18N2O2/c1-13-4-3-5-17(14(13)2)22-11-10-18(21)20-16-8-6-15(12-19)7-9-16/h3-9H,10-11H2,1-2H3,(H,20,21). The van der Waals surface area contributed by atoms with E-state index in [1.165, 1.54) is 5.56 Å². The monoisotopic (exact) mass is 294 g/mol. The van der Waals surface area contributed by atoms with E-state index in [0.29, 0.717) is 17.9 Å². The maximum absolute atomic E-state index is 11.9. The highest BCUT2D eigenvalue weighted by Gasteiger charge is 2.05. The lowest BCUT2D eigenvalue weighted by atomic mass is 10.1. The molecule has 0 aliphatic carbocycles. The fourth-order valence-electron chi connectivity index (χ4n) is 1.99. The van der Waals surface area contributed by atoms with Crippen molar-refractivity contribution in [2.24, 2.45) is 0 Å². The second-order valence-electron chi connectivity index (χ2n) is 5.03. The van der Waals surface area contributed by atoms with E-state index >= 15 is 0 Å². The number of anilines is 1. The minimum absolute atomic E-state index is 0.116. The number of aryl methyl sites for hydroxylation is 1. The van der Waals surface area contributed by atoms with Crippen LogP contribution in [0.5, 0.6) is 5.75 Å². The molecular weight excluding hydrogens is 276 g/mol. The summed E-state index contributed by atoms with van der Waals surface area (Å²) in [5, 5.41) is 11.5. The topological polar surface area (TPSA) is 62.1 Å². The Bertz CT molecular complexity index is 700. The Morgan fingerprint density at radius 1 is 1.18 bits per heavy atom. The van der Waals surface area contributed by atoms with Gasteiger partial charge in [0.25, 0.3) is 0 Å². The molecular formula is C18H18N2O2. The van der Waals surface area contributed by atoms with Gasteiger partial charge in [0.05, 0.1) is 24.7 Å². The molecule has 4 heteroatoms. The van der Waals surface area contributed by atoms with Gasteiger partial charge in [-0.2, -0.15) is 5.26 Å². The third-order valence-electron chi connectivity index (χ3n) is 3.44. The van der Waals surface area contributed by atoms with Gasteiger partial charge in [-0.25, -0.2) is 0 Å². The van der Waals surface area contributed by atoms with Crippen molar-refractivity contribution >= 4 is 11.6 Å². The zero-order valence-corrected chi connectivity index (χ0v) is 12.7. The van der Waals surface area contributed by atoms with E-state index in [2.05, 4.69) is 5.32 Å². The number of benzene rings is 2. The Morgan fingerprint density at radius 2 is 1.91 bits per heavy atom. The Hall–Kier alpha value is -2.80. The molecule has 1 amide bonds. The molecule has 2 rings (SSSR count). The minimum Gasteiger partial charge on any atom is -0.493 e. The van der Waals surface area contributed by atoms with Crippen LogP contribution in [0.4, 0.5) is 5.69 Å². The minimum atomic E-state index is -0.116. The van der Waals surface area contributed by atoms with Gasteiger partial charge in [-0.1, -0.05) is 12.1 Å². The van der Waals surface area contributed by atoms with Gasteiger partial charge in [-0.3, -0.25) is 4.79 Å². The smallest absolute Gasteiger partial charge is 0.227 e. The number of ether oxygens (including phenoxy) is 1. The van der Waals surface area contributed by atoms with Gasteiger partial charge in [0.15, 0.2) is 0 Å². The molecule has 0 bridgehead atoms. The Balaban J connectivity index is 1.82. The fourth-order valence-corrected chi connectivity index (χ4v) is 1.99. The zero-order chi connectivity index (χ0) is 15.9. The SMILES string of the molecule is Cc1cccc(OCCC(=O)Nc2ccc(C#N)cc2)c1C. The molecule has 0 saturated carbocycles. The lowest BCUT2D eigenvalue weighted by Gasteiger charge is -2.11. The van der Waals surface area contributed by atoms with Crippen LogP contribution in [0, 0.1) is 25.2 Å². The summed E-state index contributed by atoms with van der Waals surface area (Å²) in [7, 11) is 0. The fraction of sp³-hybridized carbons (Fsp3) is 0.222. The first-order chi connectivity index (χ1) is 10.6. The summed E-state index contributed by atoms with van der Waals surface area (Å²) < 4.78 is 5.66. The average Bonchev–Trinajstić information content (AvgIpc) is 2.52. The number of amides is 1. The molecule has 2 aromatic carbocycles. The normalized spacial score (nSPS) is 9.86. The van der Waals surface area contributed by atoms with Crippen molar-refractivity contribution < 1.29 is 9.53 Å². The lowest BCUT2D eigenvalue weighted by Crippen LogP contribution is -2.15. The molecule has 0 unspecified atom stereocenters. The van der Waals surface area contributed by atoms with Gasteiger partial charge in [0, 0.05) is 5.69 Å². The summed E-state index contributed by atoms with van der Waals surface area (Å²) in [5.74, 6) is 0.696. The van der Waals surface area contributed by atoms with Gasteiger partial charge >= 0.3 is 0 Å². The number of carbonyl (C=O) groups excluding carboxylic acids is 1. The van der Waals surface area contributed by atoms with Gasteiger partial charge in [-0.15, -0.1) is 0 Å². The van der Waals surface area contributed by atoms with Crippen LogP contribution < -0.4 is 10.1 Å². The van der Waals surface area contributed by atoms with Crippen LogP contribution >= 0.6 is 0 Å². The first kappa shape index (κ1) is 15.6. The summed E-state index contributed by atoms with van der Waals surface area (Å²) in [5.41, 5.74) is 3.50. The largest absolute Gasteiger partial charge is 0.493 e. The van der Waals surface area contributed by atoms with E-state index in [-0.39, 0.29) is 12.3 Å². The lowest BCUT2D eigenvalue weighted by molar-refractivity contribution is -0.116. The van der Waals surface area contributed by atoms with Gasteiger partial charge in [-0.05, 0) is 55.3 Å². The van der Waals surface area contributed by atoms with Crippen LogP contribution in [-0.4, -0.2) is 12.5 Å². The quantitative estimate of drug-likeness (QED) is 0.916. The highest BCUT2D eigenvalue weighted by atomic mass is 16.5. The predicted octanol–water partition coefficient (Wildman–Crippen LogP) is 3.58.